The van der Waals surface area contributed by atoms with Crippen LogP contribution in [0.4, 0.5) is 0 Å². The largest absolute Gasteiger partial charge is 0.404 e. The minimum atomic E-state index is -2.47. The van der Waals surface area contributed by atoms with Gasteiger partial charge in [0.1, 0.15) is 5.78 Å². The first-order valence-corrected chi connectivity index (χ1v) is 12.0. The molecule has 2 aromatic carbocycles. The zero-order valence-corrected chi connectivity index (χ0v) is 18.1. The number of hydrogen-bond donors (Lipinski definition) is 0. The summed E-state index contributed by atoms with van der Waals surface area (Å²) >= 11 is 0. The fourth-order valence-corrected chi connectivity index (χ4v) is 9.28. The van der Waals surface area contributed by atoms with Crippen molar-refractivity contribution in [1.82, 2.24) is 0 Å². The lowest BCUT2D eigenvalue weighted by Gasteiger charge is -2.46. The van der Waals surface area contributed by atoms with E-state index in [1.54, 1.807) is 6.92 Å². The molecule has 0 radical (unpaired) electrons. The molecule has 1 aliphatic rings. The molecule has 2 nitrogen and oxygen atoms in total. The van der Waals surface area contributed by atoms with Crippen LogP contribution in [-0.4, -0.2) is 20.2 Å². The second-order valence-electron chi connectivity index (χ2n) is 8.87. The van der Waals surface area contributed by atoms with E-state index in [0.717, 1.165) is 25.7 Å². The Morgan fingerprint density at radius 3 is 1.67 bits per heavy atom. The summed E-state index contributed by atoms with van der Waals surface area (Å²) < 4.78 is 7.17. The molecule has 144 valence electrons. The van der Waals surface area contributed by atoms with Crippen molar-refractivity contribution in [3.05, 3.63) is 60.7 Å². The highest BCUT2D eigenvalue weighted by molar-refractivity contribution is 6.99. The van der Waals surface area contributed by atoms with E-state index < -0.39 is 8.32 Å². The number of hydrogen-bond acceptors (Lipinski definition) is 2. The summed E-state index contributed by atoms with van der Waals surface area (Å²) in [5.41, 5.74) is 0. The molecule has 0 aromatic heterocycles. The van der Waals surface area contributed by atoms with Crippen LogP contribution < -0.4 is 10.4 Å². The van der Waals surface area contributed by atoms with E-state index in [1.807, 2.05) is 0 Å². The topological polar surface area (TPSA) is 26.3 Å². The highest BCUT2D eigenvalue weighted by atomic mass is 28.4. The molecular formula is C24H32O2Si. The van der Waals surface area contributed by atoms with Crippen molar-refractivity contribution in [2.45, 2.75) is 64.5 Å². The van der Waals surface area contributed by atoms with E-state index >= 15 is 0 Å². The zero-order valence-electron chi connectivity index (χ0n) is 17.1. The molecule has 0 heterocycles. The molecule has 1 saturated carbocycles. The average molecular weight is 381 g/mol. The highest BCUT2D eigenvalue weighted by Gasteiger charge is 2.51. The number of benzene rings is 2. The molecule has 1 aliphatic carbocycles. The summed E-state index contributed by atoms with van der Waals surface area (Å²) in [5.74, 6) is 0.558. The number of Topliss-reactive ketones (excluding diaryl/α,β-unsaturated/α-hetero) is 1. The lowest BCUT2D eigenvalue weighted by atomic mass is 9.85. The molecule has 0 unspecified atom stereocenters. The number of carbonyl (C=O) groups is 1. The van der Waals surface area contributed by atoms with E-state index in [1.165, 1.54) is 10.4 Å². The smallest absolute Gasteiger partial charge is 0.261 e. The molecule has 0 bridgehead atoms. The van der Waals surface area contributed by atoms with E-state index in [0.29, 0.717) is 5.78 Å². The summed E-state index contributed by atoms with van der Waals surface area (Å²) in [7, 11) is -2.47. The Morgan fingerprint density at radius 1 is 0.852 bits per heavy atom. The molecule has 0 spiro atoms. The van der Waals surface area contributed by atoms with Gasteiger partial charge >= 0.3 is 0 Å². The maximum atomic E-state index is 11.8. The van der Waals surface area contributed by atoms with Gasteiger partial charge in [0.2, 0.25) is 0 Å². The van der Waals surface area contributed by atoms with E-state index in [9.17, 15) is 4.79 Å². The lowest BCUT2D eigenvalue weighted by Crippen LogP contribution is -2.67. The molecular weight excluding hydrogens is 348 g/mol. The van der Waals surface area contributed by atoms with Gasteiger partial charge in [-0.05, 0) is 48.0 Å². The molecule has 0 saturated heterocycles. The van der Waals surface area contributed by atoms with Gasteiger partial charge in [0.15, 0.2) is 0 Å². The third kappa shape index (κ3) is 4.09. The lowest BCUT2D eigenvalue weighted by molar-refractivity contribution is -0.122. The van der Waals surface area contributed by atoms with Gasteiger partial charge < -0.3 is 4.43 Å². The molecule has 0 N–H and O–H groups in total. The van der Waals surface area contributed by atoms with Crippen molar-refractivity contribution in [1.29, 1.82) is 0 Å². The van der Waals surface area contributed by atoms with E-state index in [4.69, 9.17) is 4.43 Å². The van der Waals surface area contributed by atoms with Crippen LogP contribution in [0.1, 0.15) is 53.4 Å². The second-order valence-corrected chi connectivity index (χ2v) is 13.1. The van der Waals surface area contributed by atoms with Crippen LogP contribution in [0.5, 0.6) is 0 Å². The summed E-state index contributed by atoms with van der Waals surface area (Å²) in [6, 6.07) is 21.6. The number of carbonyl (C=O) groups excluding carboxylic acids is 1. The molecule has 3 rings (SSSR count). The second kappa shape index (κ2) is 8.11. The van der Waals surface area contributed by atoms with Crippen LogP contribution >= 0.6 is 0 Å². The Hall–Kier alpha value is -1.71. The van der Waals surface area contributed by atoms with E-state index in [-0.39, 0.29) is 17.1 Å². The summed E-state index contributed by atoms with van der Waals surface area (Å²) in [5, 5.41) is 2.67. The van der Waals surface area contributed by atoms with Crippen molar-refractivity contribution < 1.29 is 9.22 Å². The molecule has 1 fully saturated rings. The van der Waals surface area contributed by atoms with Gasteiger partial charge in [-0.25, -0.2) is 0 Å². The molecule has 2 aromatic rings. The molecule has 0 amide bonds. The quantitative estimate of drug-likeness (QED) is 0.702. The Balaban J connectivity index is 2.01. The van der Waals surface area contributed by atoms with Crippen LogP contribution in [0.2, 0.25) is 5.04 Å². The first kappa shape index (κ1) is 20.0. The predicted octanol–water partition coefficient (Wildman–Crippen LogP) is 4.71. The number of rotatable bonds is 5. The summed E-state index contributed by atoms with van der Waals surface area (Å²) in [6.07, 6.45) is 4.10. The predicted molar refractivity (Wildman–Crippen MR) is 115 cm³/mol. The van der Waals surface area contributed by atoms with Gasteiger partial charge in [-0.1, -0.05) is 81.4 Å². The zero-order chi connectivity index (χ0) is 19.5. The first-order valence-electron chi connectivity index (χ1n) is 10.1. The van der Waals surface area contributed by atoms with E-state index in [2.05, 4.69) is 81.4 Å². The van der Waals surface area contributed by atoms with Gasteiger partial charge in [0.25, 0.3) is 8.32 Å². The van der Waals surface area contributed by atoms with Gasteiger partial charge in [0, 0.05) is 12.0 Å². The van der Waals surface area contributed by atoms with Gasteiger partial charge in [-0.15, -0.1) is 0 Å². The van der Waals surface area contributed by atoms with Crippen molar-refractivity contribution in [2.75, 3.05) is 0 Å². The normalized spacial score (nSPS) is 21.0. The number of ketones is 1. The Kier molecular flexibility index (Phi) is 6.02. The third-order valence-electron chi connectivity index (χ3n) is 6.01. The Labute approximate surface area is 165 Å². The molecule has 0 atom stereocenters. The van der Waals surface area contributed by atoms with Gasteiger partial charge in [-0.3, -0.25) is 4.79 Å². The minimum Gasteiger partial charge on any atom is -0.404 e. The van der Waals surface area contributed by atoms with Crippen molar-refractivity contribution >= 4 is 24.5 Å². The van der Waals surface area contributed by atoms with Crippen molar-refractivity contribution in [3.8, 4) is 0 Å². The minimum absolute atomic E-state index is 0.00707. The fourth-order valence-electron chi connectivity index (χ4n) is 4.53. The van der Waals surface area contributed by atoms with Crippen LogP contribution in [0.3, 0.4) is 0 Å². The Bertz CT molecular complexity index is 701. The highest BCUT2D eigenvalue weighted by Crippen LogP contribution is 2.39. The SMILES string of the molecule is CC(=O)C1CCC(O[Si](c2ccccc2)(c2ccccc2)C(C)(C)C)CC1. The standard InChI is InChI=1S/C24H32O2Si/c1-19(25)20-15-17-21(18-16-20)26-27(24(2,3)4,22-11-7-5-8-12-22)23-13-9-6-10-14-23/h5-14,20-21H,15-18H2,1-4H3. The summed E-state index contributed by atoms with van der Waals surface area (Å²) in [6.45, 7) is 8.69. The first-order chi connectivity index (χ1) is 12.8. The molecule has 27 heavy (non-hydrogen) atoms. The van der Waals surface area contributed by atoms with Crippen LogP contribution in [0.15, 0.2) is 60.7 Å². The maximum absolute atomic E-state index is 11.8. The van der Waals surface area contributed by atoms with Crippen LogP contribution in [0, 0.1) is 5.92 Å². The third-order valence-corrected chi connectivity index (χ3v) is 11.1. The van der Waals surface area contributed by atoms with Crippen LogP contribution in [-0.2, 0) is 9.22 Å². The summed E-state index contributed by atoms with van der Waals surface area (Å²) in [4.78, 5) is 11.8. The maximum Gasteiger partial charge on any atom is 0.261 e. The monoisotopic (exact) mass is 380 g/mol. The van der Waals surface area contributed by atoms with Gasteiger partial charge in [-0.2, -0.15) is 0 Å². The fraction of sp³-hybridized carbons (Fsp3) is 0.458. The average Bonchev–Trinajstić information content (AvgIpc) is 2.67. The Morgan fingerprint density at radius 2 is 1.30 bits per heavy atom. The van der Waals surface area contributed by atoms with Gasteiger partial charge in [0.05, 0.1) is 0 Å². The van der Waals surface area contributed by atoms with Crippen molar-refractivity contribution in [2.24, 2.45) is 5.92 Å². The molecule has 3 heteroatoms. The molecule has 0 aliphatic heterocycles. The van der Waals surface area contributed by atoms with Crippen LogP contribution in [0.25, 0.3) is 0 Å². The van der Waals surface area contributed by atoms with Crippen molar-refractivity contribution in [3.63, 3.8) is 0 Å².